The predicted octanol–water partition coefficient (Wildman–Crippen LogP) is 3.74. The van der Waals surface area contributed by atoms with Crippen LogP contribution in [0.3, 0.4) is 0 Å². The topological polar surface area (TPSA) is 87.5 Å². The van der Waals surface area contributed by atoms with Gasteiger partial charge in [0.05, 0.1) is 0 Å². The van der Waals surface area contributed by atoms with Gasteiger partial charge in [-0.1, -0.05) is 26.0 Å². The van der Waals surface area contributed by atoms with Crippen LogP contribution in [0.15, 0.2) is 42.5 Å². The molecule has 160 valence electrons. The molecule has 0 saturated carbocycles. The van der Waals surface area contributed by atoms with E-state index in [1.165, 1.54) is 0 Å². The molecular formula is C21H30Cl2N4O2. The van der Waals surface area contributed by atoms with Crippen molar-refractivity contribution >= 4 is 48.0 Å². The van der Waals surface area contributed by atoms with Gasteiger partial charge in [-0.2, -0.15) is 0 Å². The summed E-state index contributed by atoms with van der Waals surface area (Å²) in [5.41, 5.74) is 8.74. The van der Waals surface area contributed by atoms with Crippen molar-refractivity contribution < 1.29 is 9.59 Å². The van der Waals surface area contributed by atoms with Gasteiger partial charge in [0.25, 0.3) is 11.8 Å². The van der Waals surface area contributed by atoms with Crippen molar-refractivity contribution in [3.8, 4) is 0 Å². The van der Waals surface area contributed by atoms with Gasteiger partial charge in [0, 0.05) is 35.6 Å². The second-order valence-electron chi connectivity index (χ2n) is 6.39. The van der Waals surface area contributed by atoms with E-state index in [-0.39, 0.29) is 36.6 Å². The number of rotatable bonds is 8. The second-order valence-corrected chi connectivity index (χ2v) is 6.39. The average molecular weight is 441 g/mol. The van der Waals surface area contributed by atoms with Crippen LogP contribution in [0.25, 0.3) is 0 Å². The average Bonchev–Trinajstić information content (AvgIpc) is 2.67. The zero-order valence-electron chi connectivity index (χ0n) is 17.0. The Morgan fingerprint density at radius 2 is 1.69 bits per heavy atom. The molecule has 0 spiro atoms. The molecule has 0 aliphatic heterocycles. The number of nitrogens with one attached hydrogen (secondary N) is 2. The SMILES string of the molecule is CCN(CC)CCNC(=O)c1cccc(NC(=O)c2cc(N)ccc2C)c1.Cl.Cl. The van der Waals surface area contributed by atoms with Crippen molar-refractivity contribution in [3.63, 3.8) is 0 Å². The molecular weight excluding hydrogens is 411 g/mol. The van der Waals surface area contributed by atoms with Gasteiger partial charge in [0.1, 0.15) is 0 Å². The number of likely N-dealkylation sites (N-methyl/N-ethyl adjacent to an activating group) is 1. The van der Waals surface area contributed by atoms with Gasteiger partial charge in [0.15, 0.2) is 0 Å². The molecule has 0 atom stereocenters. The Kier molecular flexibility index (Phi) is 12.0. The third kappa shape index (κ3) is 7.93. The lowest BCUT2D eigenvalue weighted by Gasteiger charge is -2.18. The van der Waals surface area contributed by atoms with Crippen LogP contribution in [0, 0.1) is 6.92 Å². The first-order valence-electron chi connectivity index (χ1n) is 9.22. The van der Waals surface area contributed by atoms with E-state index in [1.54, 1.807) is 36.4 Å². The number of amides is 2. The Morgan fingerprint density at radius 3 is 2.34 bits per heavy atom. The number of nitrogens with zero attached hydrogens (tertiary/aromatic N) is 1. The van der Waals surface area contributed by atoms with Gasteiger partial charge < -0.3 is 21.3 Å². The number of aryl methyl sites for hydroxylation is 1. The largest absolute Gasteiger partial charge is 0.399 e. The first kappa shape index (κ1) is 26.7. The molecule has 8 heteroatoms. The maximum absolute atomic E-state index is 12.5. The lowest BCUT2D eigenvalue weighted by molar-refractivity contribution is 0.0947. The summed E-state index contributed by atoms with van der Waals surface area (Å²) in [6, 6.07) is 12.1. The molecule has 0 aromatic heterocycles. The van der Waals surface area contributed by atoms with Crippen LogP contribution >= 0.6 is 24.8 Å². The number of carbonyl (C=O) groups is 2. The molecule has 2 aromatic rings. The highest BCUT2D eigenvalue weighted by molar-refractivity contribution is 6.06. The molecule has 0 saturated heterocycles. The zero-order chi connectivity index (χ0) is 19.8. The van der Waals surface area contributed by atoms with Gasteiger partial charge in [0.2, 0.25) is 0 Å². The Hall–Kier alpha value is -2.28. The molecule has 0 bridgehead atoms. The fourth-order valence-corrected chi connectivity index (χ4v) is 2.79. The van der Waals surface area contributed by atoms with Crippen molar-refractivity contribution in [2.24, 2.45) is 0 Å². The number of benzene rings is 2. The Balaban J connectivity index is 0.00000392. The summed E-state index contributed by atoms with van der Waals surface area (Å²) in [7, 11) is 0. The standard InChI is InChI=1S/C21H28N4O2.2ClH/c1-4-25(5-2)12-11-23-20(26)16-7-6-8-18(13-16)24-21(27)19-14-17(22)10-9-15(19)3;;/h6-10,13-14H,4-5,11-12,22H2,1-3H3,(H,23,26)(H,24,27);2*1H. The second kappa shape index (κ2) is 13.0. The minimum absolute atomic E-state index is 0. The Morgan fingerprint density at radius 1 is 1.00 bits per heavy atom. The minimum Gasteiger partial charge on any atom is -0.399 e. The van der Waals surface area contributed by atoms with Gasteiger partial charge in [-0.15, -0.1) is 24.8 Å². The molecule has 4 N–H and O–H groups in total. The number of hydrogen-bond donors (Lipinski definition) is 3. The van der Waals surface area contributed by atoms with Gasteiger partial charge in [-0.05, 0) is 55.9 Å². The number of hydrogen-bond acceptors (Lipinski definition) is 4. The molecule has 0 aliphatic carbocycles. The van der Waals surface area contributed by atoms with E-state index in [0.717, 1.165) is 25.2 Å². The number of anilines is 2. The fraction of sp³-hybridized carbons (Fsp3) is 0.333. The molecule has 2 rings (SSSR count). The fourth-order valence-electron chi connectivity index (χ4n) is 2.79. The van der Waals surface area contributed by atoms with Crippen molar-refractivity contribution in [2.75, 3.05) is 37.2 Å². The summed E-state index contributed by atoms with van der Waals surface area (Å²) in [6.07, 6.45) is 0. The highest BCUT2D eigenvalue weighted by Gasteiger charge is 2.12. The highest BCUT2D eigenvalue weighted by atomic mass is 35.5. The van der Waals surface area contributed by atoms with E-state index in [9.17, 15) is 9.59 Å². The van der Waals surface area contributed by atoms with E-state index in [1.807, 2.05) is 13.0 Å². The monoisotopic (exact) mass is 440 g/mol. The maximum atomic E-state index is 12.5. The molecule has 2 amide bonds. The summed E-state index contributed by atoms with van der Waals surface area (Å²) in [5, 5.41) is 5.75. The van der Waals surface area contributed by atoms with Crippen LogP contribution in [0.1, 0.15) is 40.1 Å². The van der Waals surface area contributed by atoms with Crippen LogP contribution < -0.4 is 16.4 Å². The summed E-state index contributed by atoms with van der Waals surface area (Å²) < 4.78 is 0. The van der Waals surface area contributed by atoms with E-state index in [2.05, 4.69) is 29.4 Å². The molecule has 0 aliphatic rings. The lowest BCUT2D eigenvalue weighted by Crippen LogP contribution is -2.34. The smallest absolute Gasteiger partial charge is 0.256 e. The van der Waals surface area contributed by atoms with Crippen LogP contribution in [-0.2, 0) is 0 Å². The molecule has 2 aromatic carbocycles. The van der Waals surface area contributed by atoms with Crippen LogP contribution in [0.4, 0.5) is 11.4 Å². The summed E-state index contributed by atoms with van der Waals surface area (Å²) in [4.78, 5) is 27.1. The third-order valence-electron chi connectivity index (χ3n) is 4.50. The molecule has 0 heterocycles. The number of nitrogens with two attached hydrogens (primary N) is 1. The van der Waals surface area contributed by atoms with Crippen molar-refractivity contribution in [1.29, 1.82) is 0 Å². The Labute approximate surface area is 185 Å². The number of carbonyl (C=O) groups excluding carboxylic acids is 2. The van der Waals surface area contributed by atoms with E-state index < -0.39 is 0 Å². The third-order valence-corrected chi connectivity index (χ3v) is 4.50. The van der Waals surface area contributed by atoms with Crippen molar-refractivity contribution in [3.05, 3.63) is 59.2 Å². The Bertz CT molecular complexity index is 811. The molecule has 0 fully saturated rings. The summed E-state index contributed by atoms with van der Waals surface area (Å²) >= 11 is 0. The minimum atomic E-state index is -0.251. The molecule has 6 nitrogen and oxygen atoms in total. The number of nitrogen functional groups attached to an aromatic ring is 1. The van der Waals surface area contributed by atoms with Crippen LogP contribution in [0.5, 0.6) is 0 Å². The zero-order valence-corrected chi connectivity index (χ0v) is 18.7. The van der Waals surface area contributed by atoms with E-state index >= 15 is 0 Å². The van der Waals surface area contributed by atoms with Gasteiger partial charge in [-0.25, -0.2) is 0 Å². The van der Waals surface area contributed by atoms with E-state index in [0.29, 0.717) is 29.0 Å². The maximum Gasteiger partial charge on any atom is 0.256 e. The molecule has 0 unspecified atom stereocenters. The quantitative estimate of drug-likeness (QED) is 0.545. The van der Waals surface area contributed by atoms with Crippen molar-refractivity contribution in [1.82, 2.24) is 10.2 Å². The lowest BCUT2D eigenvalue weighted by atomic mass is 10.1. The highest BCUT2D eigenvalue weighted by Crippen LogP contribution is 2.16. The number of halogens is 2. The van der Waals surface area contributed by atoms with Crippen LogP contribution in [-0.4, -0.2) is 42.9 Å². The first-order chi connectivity index (χ1) is 12.9. The predicted molar refractivity (Wildman–Crippen MR) is 125 cm³/mol. The van der Waals surface area contributed by atoms with Crippen molar-refractivity contribution in [2.45, 2.75) is 20.8 Å². The first-order valence-corrected chi connectivity index (χ1v) is 9.22. The summed E-state index contributed by atoms with van der Waals surface area (Å²) in [6.45, 7) is 9.35. The van der Waals surface area contributed by atoms with Crippen LogP contribution in [0.2, 0.25) is 0 Å². The normalized spacial score (nSPS) is 9.93. The van der Waals surface area contributed by atoms with Gasteiger partial charge >= 0.3 is 0 Å². The summed E-state index contributed by atoms with van der Waals surface area (Å²) in [5.74, 6) is -0.405. The van der Waals surface area contributed by atoms with E-state index in [4.69, 9.17) is 5.73 Å². The molecule has 0 radical (unpaired) electrons. The van der Waals surface area contributed by atoms with Gasteiger partial charge in [-0.3, -0.25) is 9.59 Å². The molecule has 29 heavy (non-hydrogen) atoms.